The highest BCUT2D eigenvalue weighted by Gasteiger charge is 2.42. The number of aryl methyl sites for hydroxylation is 2. The molecule has 0 aliphatic carbocycles. The van der Waals surface area contributed by atoms with Crippen LogP contribution < -0.4 is 10.2 Å². The number of para-hydroxylation sites is 1. The molecule has 2 aromatic heterocycles. The Morgan fingerprint density at radius 2 is 1.59 bits per heavy atom. The van der Waals surface area contributed by atoms with E-state index in [0.29, 0.717) is 0 Å². The van der Waals surface area contributed by atoms with Gasteiger partial charge in [-0.15, -0.1) is 0 Å². The first-order valence-electron chi connectivity index (χ1n) is 10.9. The molecular weight excluding hydrogens is 412 g/mol. The molecule has 0 saturated carbocycles. The Morgan fingerprint density at radius 1 is 0.844 bits per heavy atom. The second kappa shape index (κ2) is 8.24. The van der Waals surface area contributed by atoms with Gasteiger partial charge in [0.25, 0.3) is 0 Å². The number of pyridine rings is 1. The quantitative estimate of drug-likeness (QED) is 0.398. The minimum atomic E-state index is -0.0473. The van der Waals surface area contributed by atoms with Gasteiger partial charge in [0, 0.05) is 29.0 Å². The minimum Gasteiger partial charge on any atom is -0.351 e. The maximum Gasteiger partial charge on any atom is 0.174 e. The SMILES string of the molecule is Cc1cccc(N2C(=S)N[C@@H](c3ccccn3)[C@@H]2c2cc(C)n(-c3ccccc3)c2C)c1. The van der Waals surface area contributed by atoms with Crippen molar-refractivity contribution in [1.29, 1.82) is 0 Å². The fraction of sp³-hybridized carbons (Fsp3) is 0.185. The monoisotopic (exact) mass is 438 g/mol. The van der Waals surface area contributed by atoms with Gasteiger partial charge in [0.05, 0.1) is 17.8 Å². The first-order chi connectivity index (χ1) is 15.5. The predicted molar refractivity (Wildman–Crippen MR) is 134 cm³/mol. The highest BCUT2D eigenvalue weighted by Crippen LogP contribution is 2.43. The van der Waals surface area contributed by atoms with Gasteiger partial charge in [-0.3, -0.25) is 4.98 Å². The maximum atomic E-state index is 5.88. The van der Waals surface area contributed by atoms with E-state index in [-0.39, 0.29) is 12.1 Å². The first-order valence-corrected chi connectivity index (χ1v) is 11.3. The van der Waals surface area contributed by atoms with Gasteiger partial charge in [-0.1, -0.05) is 36.4 Å². The molecule has 0 bridgehead atoms. The van der Waals surface area contributed by atoms with E-state index in [1.807, 2.05) is 18.3 Å². The van der Waals surface area contributed by atoms with Gasteiger partial charge in [-0.2, -0.15) is 0 Å². The molecule has 0 radical (unpaired) electrons. The molecule has 1 N–H and O–H groups in total. The van der Waals surface area contributed by atoms with E-state index in [1.165, 1.54) is 28.2 Å². The van der Waals surface area contributed by atoms with Crippen LogP contribution in [0.5, 0.6) is 0 Å². The second-order valence-electron chi connectivity index (χ2n) is 8.33. The Hall–Kier alpha value is -3.44. The zero-order valence-electron chi connectivity index (χ0n) is 18.5. The summed E-state index contributed by atoms with van der Waals surface area (Å²) in [7, 11) is 0. The molecule has 1 fully saturated rings. The number of hydrogen-bond donors (Lipinski definition) is 1. The van der Waals surface area contributed by atoms with E-state index in [9.17, 15) is 0 Å². The molecule has 4 nitrogen and oxygen atoms in total. The summed E-state index contributed by atoms with van der Waals surface area (Å²) in [5, 5.41) is 4.29. The van der Waals surface area contributed by atoms with Gasteiger partial charge in [0.2, 0.25) is 0 Å². The molecule has 160 valence electrons. The van der Waals surface area contributed by atoms with E-state index >= 15 is 0 Å². The molecule has 32 heavy (non-hydrogen) atoms. The summed E-state index contributed by atoms with van der Waals surface area (Å²) in [5.74, 6) is 0. The molecule has 1 saturated heterocycles. The van der Waals surface area contributed by atoms with Crippen molar-refractivity contribution < 1.29 is 0 Å². The van der Waals surface area contributed by atoms with Crippen molar-refractivity contribution in [1.82, 2.24) is 14.9 Å². The molecule has 1 aliphatic heterocycles. The van der Waals surface area contributed by atoms with Crippen LogP contribution in [0.2, 0.25) is 0 Å². The number of benzene rings is 2. The fourth-order valence-corrected chi connectivity index (χ4v) is 5.13. The van der Waals surface area contributed by atoms with Crippen LogP contribution in [0.15, 0.2) is 85.1 Å². The Morgan fingerprint density at radius 3 is 2.31 bits per heavy atom. The van der Waals surface area contributed by atoms with Gasteiger partial charge < -0.3 is 14.8 Å². The van der Waals surface area contributed by atoms with Crippen molar-refractivity contribution in [2.45, 2.75) is 32.9 Å². The number of hydrogen-bond acceptors (Lipinski definition) is 2. The first kappa shape index (κ1) is 20.5. The summed E-state index contributed by atoms with van der Waals surface area (Å²) in [5.41, 5.74) is 8.11. The number of nitrogens with zero attached hydrogens (tertiary/aromatic N) is 3. The van der Waals surface area contributed by atoms with Crippen molar-refractivity contribution >= 4 is 23.0 Å². The third-order valence-electron chi connectivity index (χ3n) is 6.18. The second-order valence-corrected chi connectivity index (χ2v) is 8.72. The molecule has 4 aromatic rings. The van der Waals surface area contributed by atoms with Crippen LogP contribution in [0, 0.1) is 20.8 Å². The van der Waals surface area contributed by atoms with Crippen molar-refractivity contribution in [3.8, 4) is 5.69 Å². The summed E-state index contributed by atoms with van der Waals surface area (Å²) >= 11 is 5.88. The van der Waals surface area contributed by atoms with Crippen molar-refractivity contribution in [3.63, 3.8) is 0 Å². The lowest BCUT2D eigenvalue weighted by Gasteiger charge is -2.28. The molecule has 2 atom stereocenters. The van der Waals surface area contributed by atoms with Gasteiger partial charge >= 0.3 is 0 Å². The molecule has 5 rings (SSSR count). The summed E-state index contributed by atoms with van der Waals surface area (Å²) < 4.78 is 2.32. The average molecular weight is 439 g/mol. The molecule has 0 amide bonds. The third kappa shape index (κ3) is 3.49. The molecule has 2 aromatic carbocycles. The van der Waals surface area contributed by atoms with Crippen LogP contribution in [0.25, 0.3) is 5.69 Å². The molecule has 0 spiro atoms. The summed E-state index contributed by atoms with van der Waals surface area (Å²) in [4.78, 5) is 6.93. The van der Waals surface area contributed by atoms with Crippen LogP contribution >= 0.6 is 12.2 Å². The third-order valence-corrected chi connectivity index (χ3v) is 6.50. The number of nitrogens with one attached hydrogen (secondary N) is 1. The lowest BCUT2D eigenvalue weighted by atomic mass is 9.96. The Bertz CT molecular complexity index is 1260. The Balaban J connectivity index is 1.69. The van der Waals surface area contributed by atoms with Crippen molar-refractivity contribution in [3.05, 3.63) is 113 Å². The number of anilines is 1. The highest BCUT2D eigenvalue weighted by molar-refractivity contribution is 7.80. The van der Waals surface area contributed by atoms with Crippen LogP contribution in [-0.4, -0.2) is 14.7 Å². The smallest absolute Gasteiger partial charge is 0.174 e. The Labute approximate surface area is 194 Å². The van der Waals surface area contributed by atoms with Crippen LogP contribution in [0.1, 0.15) is 40.3 Å². The topological polar surface area (TPSA) is 33.1 Å². The lowest BCUT2D eigenvalue weighted by Crippen LogP contribution is -2.29. The standard InChI is InChI=1S/C27H26N4S/c1-18-10-9-13-22(16-18)31-26(25(29-27(31)32)24-14-7-8-15-28-24)23-17-19(2)30(20(23)3)21-11-5-4-6-12-21/h4-17,25-26H,1-3H3,(H,29,32)/t25-,26-/m0/s1. The minimum absolute atomic E-state index is 0.0112. The molecule has 0 unspecified atom stereocenters. The highest BCUT2D eigenvalue weighted by atomic mass is 32.1. The molecule has 5 heteroatoms. The van der Waals surface area contributed by atoms with Gasteiger partial charge in [0.15, 0.2) is 5.11 Å². The average Bonchev–Trinajstić information content (AvgIpc) is 3.30. The number of aromatic nitrogens is 2. The summed E-state index contributed by atoms with van der Waals surface area (Å²) in [6.07, 6.45) is 1.85. The van der Waals surface area contributed by atoms with Crippen LogP contribution in [0.3, 0.4) is 0 Å². The molecule has 1 aliphatic rings. The molecule has 3 heterocycles. The van der Waals surface area contributed by atoms with Crippen LogP contribution in [-0.2, 0) is 0 Å². The maximum absolute atomic E-state index is 5.88. The number of thiocarbonyl (C=S) groups is 1. The molecular formula is C27H26N4S. The van der Waals surface area contributed by atoms with Crippen molar-refractivity contribution in [2.24, 2.45) is 0 Å². The van der Waals surface area contributed by atoms with E-state index in [1.54, 1.807) is 0 Å². The predicted octanol–water partition coefficient (Wildman–Crippen LogP) is 5.97. The summed E-state index contributed by atoms with van der Waals surface area (Å²) in [6.45, 7) is 6.47. The van der Waals surface area contributed by atoms with Gasteiger partial charge in [0.1, 0.15) is 0 Å². The van der Waals surface area contributed by atoms with Crippen LogP contribution in [0.4, 0.5) is 5.69 Å². The zero-order chi connectivity index (χ0) is 22.2. The van der Waals surface area contributed by atoms with Gasteiger partial charge in [-0.05, 0) is 86.6 Å². The van der Waals surface area contributed by atoms with E-state index in [0.717, 1.165) is 16.5 Å². The normalized spacial score (nSPS) is 18.1. The largest absolute Gasteiger partial charge is 0.351 e. The van der Waals surface area contributed by atoms with Gasteiger partial charge in [-0.25, -0.2) is 0 Å². The lowest BCUT2D eigenvalue weighted by molar-refractivity contribution is 0.565. The van der Waals surface area contributed by atoms with E-state index < -0.39 is 0 Å². The summed E-state index contributed by atoms with van der Waals surface area (Å²) in [6, 6.07) is 27.3. The van der Waals surface area contributed by atoms with E-state index in [4.69, 9.17) is 12.2 Å². The number of rotatable bonds is 4. The van der Waals surface area contributed by atoms with E-state index in [2.05, 4.69) is 107 Å². The zero-order valence-corrected chi connectivity index (χ0v) is 19.3. The fourth-order valence-electron chi connectivity index (χ4n) is 4.79. The van der Waals surface area contributed by atoms with Crippen molar-refractivity contribution in [2.75, 3.05) is 4.90 Å². The Kier molecular flexibility index (Phi) is 5.27.